The van der Waals surface area contributed by atoms with Crippen molar-refractivity contribution in [3.8, 4) is 0 Å². The molecule has 0 radical (unpaired) electrons. The lowest BCUT2D eigenvalue weighted by Gasteiger charge is -2.50. The van der Waals surface area contributed by atoms with E-state index in [1.807, 2.05) is 0 Å². The van der Waals surface area contributed by atoms with Crippen LogP contribution in [0.1, 0.15) is 26.7 Å². The third-order valence-corrected chi connectivity index (χ3v) is 3.85. The fraction of sp³-hybridized carbons (Fsp3) is 1.00. The Morgan fingerprint density at radius 2 is 1.93 bits per heavy atom. The summed E-state index contributed by atoms with van der Waals surface area (Å²) in [6.45, 7) is 12.1. The van der Waals surface area contributed by atoms with E-state index in [4.69, 9.17) is 0 Å². The Labute approximate surface area is 93.8 Å². The first-order valence-corrected chi connectivity index (χ1v) is 6.55. The maximum atomic E-state index is 3.67. The zero-order valence-electron chi connectivity index (χ0n) is 10.2. The molecule has 3 rings (SSSR count). The van der Waals surface area contributed by atoms with E-state index < -0.39 is 0 Å². The van der Waals surface area contributed by atoms with Gasteiger partial charge in [0.25, 0.3) is 0 Å². The molecule has 3 aliphatic rings. The molecule has 0 aromatic rings. The highest BCUT2D eigenvalue weighted by molar-refractivity contribution is 4.94. The van der Waals surface area contributed by atoms with Crippen LogP contribution < -0.4 is 5.32 Å². The van der Waals surface area contributed by atoms with Gasteiger partial charge in [-0.05, 0) is 13.0 Å². The minimum Gasteiger partial charge on any atom is -0.313 e. The van der Waals surface area contributed by atoms with Gasteiger partial charge in [-0.1, -0.05) is 20.3 Å². The summed E-state index contributed by atoms with van der Waals surface area (Å²) in [6.07, 6.45) is 2.62. The molecular formula is C12H25N3. The Balaban J connectivity index is 1.94. The molecule has 0 amide bonds. The van der Waals surface area contributed by atoms with Crippen molar-refractivity contribution in [3.63, 3.8) is 0 Å². The smallest absolute Gasteiger partial charge is 0.0377 e. The summed E-state index contributed by atoms with van der Waals surface area (Å²) < 4.78 is 0. The first-order chi connectivity index (χ1) is 7.35. The molecule has 2 bridgehead atoms. The van der Waals surface area contributed by atoms with E-state index in [2.05, 4.69) is 29.0 Å². The molecule has 0 aromatic carbocycles. The predicted molar refractivity (Wildman–Crippen MR) is 64.2 cm³/mol. The van der Waals surface area contributed by atoms with Gasteiger partial charge in [0.2, 0.25) is 0 Å². The zero-order valence-corrected chi connectivity index (χ0v) is 10.2. The summed E-state index contributed by atoms with van der Waals surface area (Å²) in [5.41, 5.74) is 0. The van der Waals surface area contributed by atoms with E-state index in [1.54, 1.807) is 0 Å². The van der Waals surface area contributed by atoms with Crippen molar-refractivity contribution in [2.24, 2.45) is 0 Å². The number of likely N-dealkylation sites (N-methyl/N-ethyl adjacent to an activating group) is 1. The molecule has 88 valence electrons. The average Bonchev–Trinajstić information content (AvgIpc) is 2.30. The van der Waals surface area contributed by atoms with Gasteiger partial charge in [0.1, 0.15) is 0 Å². The highest BCUT2D eigenvalue weighted by Crippen LogP contribution is 2.20. The van der Waals surface area contributed by atoms with E-state index >= 15 is 0 Å². The molecule has 15 heavy (non-hydrogen) atoms. The molecule has 3 nitrogen and oxygen atoms in total. The number of nitrogens with one attached hydrogen (secondary N) is 1. The van der Waals surface area contributed by atoms with E-state index in [9.17, 15) is 0 Å². The topological polar surface area (TPSA) is 18.5 Å². The van der Waals surface area contributed by atoms with Crippen LogP contribution in [0.2, 0.25) is 0 Å². The van der Waals surface area contributed by atoms with Gasteiger partial charge < -0.3 is 5.32 Å². The fourth-order valence-electron chi connectivity index (χ4n) is 3.04. The molecule has 1 N–H and O–H groups in total. The molecule has 2 atom stereocenters. The minimum atomic E-state index is 0.711. The van der Waals surface area contributed by atoms with Crippen LogP contribution in [0.3, 0.4) is 0 Å². The largest absolute Gasteiger partial charge is 0.313 e. The summed E-state index contributed by atoms with van der Waals surface area (Å²) in [5, 5.41) is 3.67. The summed E-state index contributed by atoms with van der Waals surface area (Å²) >= 11 is 0. The standard InChI is InChI=1S/C12H25N3/c1-3-5-11(13-4-2)12-10-14-6-8-15(12)9-7-14/h11-13H,3-10H2,1-2H3. The maximum Gasteiger partial charge on any atom is 0.0377 e. The quantitative estimate of drug-likeness (QED) is 0.724. The SMILES string of the molecule is CCCC(NCC)C1CN2CCN1CC2. The van der Waals surface area contributed by atoms with Crippen molar-refractivity contribution in [1.82, 2.24) is 15.1 Å². The molecule has 2 unspecified atom stereocenters. The lowest BCUT2D eigenvalue weighted by Crippen LogP contribution is -2.66. The van der Waals surface area contributed by atoms with Crippen LogP contribution in [0.4, 0.5) is 0 Å². The van der Waals surface area contributed by atoms with Crippen molar-refractivity contribution in [2.75, 3.05) is 39.3 Å². The summed E-state index contributed by atoms with van der Waals surface area (Å²) in [4.78, 5) is 5.33. The van der Waals surface area contributed by atoms with Crippen molar-refractivity contribution in [2.45, 2.75) is 38.8 Å². The average molecular weight is 211 g/mol. The van der Waals surface area contributed by atoms with E-state index in [0.29, 0.717) is 6.04 Å². The van der Waals surface area contributed by atoms with Crippen LogP contribution in [-0.4, -0.2) is 61.2 Å². The second-order valence-corrected chi connectivity index (χ2v) is 4.86. The molecule has 3 fully saturated rings. The Morgan fingerprint density at radius 1 is 1.20 bits per heavy atom. The lowest BCUT2D eigenvalue weighted by atomic mass is 9.96. The minimum absolute atomic E-state index is 0.711. The van der Waals surface area contributed by atoms with Gasteiger partial charge in [0, 0.05) is 44.8 Å². The van der Waals surface area contributed by atoms with Gasteiger partial charge in [-0.25, -0.2) is 0 Å². The highest BCUT2D eigenvalue weighted by Gasteiger charge is 2.35. The number of hydrogen-bond donors (Lipinski definition) is 1. The zero-order chi connectivity index (χ0) is 10.7. The van der Waals surface area contributed by atoms with Crippen molar-refractivity contribution >= 4 is 0 Å². The maximum absolute atomic E-state index is 3.67. The molecular weight excluding hydrogens is 186 g/mol. The van der Waals surface area contributed by atoms with E-state index in [1.165, 1.54) is 45.6 Å². The first-order valence-electron chi connectivity index (χ1n) is 6.55. The monoisotopic (exact) mass is 211 g/mol. The van der Waals surface area contributed by atoms with Crippen LogP contribution in [0.5, 0.6) is 0 Å². The molecule has 0 aromatic heterocycles. The molecule has 3 saturated heterocycles. The van der Waals surface area contributed by atoms with Gasteiger partial charge in [-0.15, -0.1) is 0 Å². The van der Waals surface area contributed by atoms with Crippen LogP contribution in [0.25, 0.3) is 0 Å². The normalized spacial score (nSPS) is 36.8. The Morgan fingerprint density at radius 3 is 2.40 bits per heavy atom. The third-order valence-electron chi connectivity index (χ3n) is 3.85. The lowest BCUT2D eigenvalue weighted by molar-refractivity contribution is -0.00430. The molecule has 0 aliphatic carbocycles. The molecule has 3 aliphatic heterocycles. The van der Waals surface area contributed by atoms with Crippen molar-refractivity contribution in [3.05, 3.63) is 0 Å². The second-order valence-electron chi connectivity index (χ2n) is 4.86. The molecule has 3 heteroatoms. The molecule has 0 spiro atoms. The van der Waals surface area contributed by atoms with Gasteiger partial charge >= 0.3 is 0 Å². The van der Waals surface area contributed by atoms with Crippen molar-refractivity contribution in [1.29, 1.82) is 0 Å². The van der Waals surface area contributed by atoms with Crippen LogP contribution >= 0.6 is 0 Å². The number of piperazine rings is 3. The number of rotatable bonds is 5. The van der Waals surface area contributed by atoms with Crippen LogP contribution in [0.15, 0.2) is 0 Å². The Bertz CT molecular complexity index is 181. The number of nitrogens with zero attached hydrogens (tertiary/aromatic N) is 2. The summed E-state index contributed by atoms with van der Waals surface area (Å²) in [5.74, 6) is 0. The third kappa shape index (κ3) is 2.52. The first kappa shape index (κ1) is 11.4. The van der Waals surface area contributed by atoms with E-state index in [-0.39, 0.29) is 0 Å². The van der Waals surface area contributed by atoms with E-state index in [0.717, 1.165) is 12.6 Å². The number of fused-ring (bicyclic) bond motifs is 3. The predicted octanol–water partition coefficient (Wildman–Crippen LogP) is 0.764. The Kier molecular flexibility index (Phi) is 4.00. The summed E-state index contributed by atoms with van der Waals surface area (Å²) in [6, 6.07) is 1.48. The van der Waals surface area contributed by atoms with Gasteiger partial charge in [0.15, 0.2) is 0 Å². The van der Waals surface area contributed by atoms with Crippen LogP contribution in [-0.2, 0) is 0 Å². The highest BCUT2D eigenvalue weighted by atomic mass is 15.4. The number of hydrogen-bond acceptors (Lipinski definition) is 3. The second kappa shape index (κ2) is 5.28. The molecule has 3 heterocycles. The van der Waals surface area contributed by atoms with Crippen LogP contribution in [0, 0.1) is 0 Å². The summed E-state index contributed by atoms with van der Waals surface area (Å²) in [7, 11) is 0. The Hall–Kier alpha value is -0.120. The van der Waals surface area contributed by atoms with Crippen molar-refractivity contribution < 1.29 is 0 Å². The fourth-order valence-corrected chi connectivity index (χ4v) is 3.04. The van der Waals surface area contributed by atoms with Gasteiger partial charge in [-0.3, -0.25) is 9.80 Å². The van der Waals surface area contributed by atoms with Gasteiger partial charge in [0.05, 0.1) is 0 Å². The van der Waals surface area contributed by atoms with Gasteiger partial charge in [-0.2, -0.15) is 0 Å². The molecule has 0 saturated carbocycles.